The number of aliphatic hydroxyl groups is 1. The molecule has 1 saturated heterocycles. The second-order valence-electron chi connectivity index (χ2n) is 8.95. The van der Waals surface area contributed by atoms with E-state index in [2.05, 4.69) is 18.7 Å². The Kier molecular flexibility index (Phi) is 7.15. The van der Waals surface area contributed by atoms with Gasteiger partial charge in [-0.1, -0.05) is 35.9 Å². The molecule has 3 aromatic carbocycles. The van der Waals surface area contributed by atoms with Crippen LogP contribution < -0.4 is 14.5 Å². The van der Waals surface area contributed by atoms with Crippen LogP contribution in [-0.2, 0) is 9.59 Å². The van der Waals surface area contributed by atoms with Crippen LogP contribution in [0.15, 0.2) is 72.3 Å². The summed E-state index contributed by atoms with van der Waals surface area (Å²) < 4.78 is 5.37. The monoisotopic (exact) mass is 484 g/mol. The van der Waals surface area contributed by atoms with Crippen LogP contribution in [0.3, 0.4) is 0 Å². The highest BCUT2D eigenvalue weighted by molar-refractivity contribution is 6.51. The molecule has 1 atom stereocenters. The molecule has 36 heavy (non-hydrogen) atoms. The van der Waals surface area contributed by atoms with Crippen LogP contribution in [0.25, 0.3) is 5.76 Å². The van der Waals surface area contributed by atoms with Crippen molar-refractivity contribution in [3.05, 3.63) is 94.6 Å². The highest BCUT2D eigenvalue weighted by Crippen LogP contribution is 2.43. The molecule has 1 amide bonds. The molecule has 1 aliphatic heterocycles. The Labute approximate surface area is 212 Å². The van der Waals surface area contributed by atoms with Crippen molar-refractivity contribution in [3.63, 3.8) is 0 Å². The molecule has 1 unspecified atom stereocenters. The fraction of sp³-hybridized carbons (Fsp3) is 0.267. The Hall–Kier alpha value is -4.06. The van der Waals surface area contributed by atoms with Gasteiger partial charge in [-0.3, -0.25) is 14.5 Å². The SMILES string of the molecule is CCN(CC)c1ccc(C2/C(=C(\O)c3cc(C)ccc3C)C(=O)C(=O)N2c2cccc(OC)c2)cc1. The summed E-state index contributed by atoms with van der Waals surface area (Å²) >= 11 is 0. The first-order valence-corrected chi connectivity index (χ1v) is 12.2. The number of hydrogen-bond acceptors (Lipinski definition) is 5. The molecule has 186 valence electrons. The minimum absolute atomic E-state index is 0.0760. The molecular formula is C30H32N2O4. The molecule has 0 bridgehead atoms. The molecular weight excluding hydrogens is 452 g/mol. The summed E-state index contributed by atoms with van der Waals surface area (Å²) in [5.74, 6) is -1.00. The lowest BCUT2D eigenvalue weighted by Crippen LogP contribution is -2.29. The predicted molar refractivity (Wildman–Crippen MR) is 144 cm³/mol. The summed E-state index contributed by atoms with van der Waals surface area (Å²) in [5.41, 5.74) is 4.70. The van der Waals surface area contributed by atoms with Gasteiger partial charge >= 0.3 is 0 Å². The molecule has 0 spiro atoms. The van der Waals surface area contributed by atoms with Crippen molar-refractivity contribution in [2.24, 2.45) is 0 Å². The number of nitrogens with zero attached hydrogens (tertiary/aromatic N) is 2. The molecule has 1 heterocycles. The fourth-order valence-electron chi connectivity index (χ4n) is 4.77. The Morgan fingerprint density at radius 2 is 1.67 bits per heavy atom. The van der Waals surface area contributed by atoms with Crippen molar-refractivity contribution in [1.82, 2.24) is 0 Å². The molecule has 0 aromatic heterocycles. The van der Waals surface area contributed by atoms with Gasteiger partial charge in [0.15, 0.2) is 0 Å². The fourth-order valence-corrected chi connectivity index (χ4v) is 4.77. The van der Waals surface area contributed by atoms with Gasteiger partial charge in [-0.2, -0.15) is 0 Å². The lowest BCUT2D eigenvalue weighted by molar-refractivity contribution is -0.132. The van der Waals surface area contributed by atoms with E-state index in [-0.39, 0.29) is 11.3 Å². The third-order valence-corrected chi connectivity index (χ3v) is 6.76. The highest BCUT2D eigenvalue weighted by Gasteiger charge is 2.47. The second kappa shape index (κ2) is 10.3. The molecule has 1 N–H and O–H groups in total. The van der Waals surface area contributed by atoms with E-state index in [1.54, 1.807) is 31.4 Å². The smallest absolute Gasteiger partial charge is 0.300 e. The number of amides is 1. The Balaban J connectivity index is 1.93. The highest BCUT2D eigenvalue weighted by atomic mass is 16.5. The second-order valence-corrected chi connectivity index (χ2v) is 8.95. The summed E-state index contributed by atoms with van der Waals surface area (Å²) in [5, 5.41) is 11.5. The van der Waals surface area contributed by atoms with E-state index in [4.69, 9.17) is 4.74 Å². The molecule has 6 nitrogen and oxygen atoms in total. The number of Topliss-reactive ketones (excluding diaryl/α,β-unsaturated/α-hetero) is 1. The minimum Gasteiger partial charge on any atom is -0.507 e. The van der Waals surface area contributed by atoms with E-state index < -0.39 is 17.7 Å². The summed E-state index contributed by atoms with van der Waals surface area (Å²) in [6, 6.07) is 19.8. The van der Waals surface area contributed by atoms with Gasteiger partial charge in [0.2, 0.25) is 0 Å². The third kappa shape index (κ3) is 4.47. The van der Waals surface area contributed by atoms with Crippen LogP contribution in [0, 0.1) is 13.8 Å². The largest absolute Gasteiger partial charge is 0.507 e. The lowest BCUT2D eigenvalue weighted by Gasteiger charge is -2.27. The summed E-state index contributed by atoms with van der Waals surface area (Å²) in [6.07, 6.45) is 0. The van der Waals surface area contributed by atoms with Gasteiger partial charge in [-0.25, -0.2) is 0 Å². The zero-order chi connectivity index (χ0) is 26.0. The average Bonchev–Trinajstić information content (AvgIpc) is 3.16. The minimum atomic E-state index is -0.789. The van der Waals surface area contributed by atoms with Crippen LogP contribution in [0.2, 0.25) is 0 Å². The lowest BCUT2D eigenvalue weighted by atomic mass is 9.93. The number of carbonyl (C=O) groups excluding carboxylic acids is 2. The summed E-state index contributed by atoms with van der Waals surface area (Å²) in [4.78, 5) is 30.6. The van der Waals surface area contributed by atoms with Gasteiger partial charge < -0.3 is 14.7 Å². The molecule has 1 fully saturated rings. The maximum atomic E-state index is 13.5. The topological polar surface area (TPSA) is 70.1 Å². The van der Waals surface area contributed by atoms with Crippen molar-refractivity contribution in [2.75, 3.05) is 30.0 Å². The molecule has 1 aliphatic rings. The maximum absolute atomic E-state index is 13.5. The van der Waals surface area contributed by atoms with Crippen LogP contribution in [0.1, 0.15) is 42.1 Å². The Morgan fingerprint density at radius 3 is 2.31 bits per heavy atom. The number of methoxy groups -OCH3 is 1. The number of ether oxygens (including phenoxy) is 1. The van der Waals surface area contributed by atoms with Gasteiger partial charge in [-0.15, -0.1) is 0 Å². The quantitative estimate of drug-likeness (QED) is 0.261. The third-order valence-electron chi connectivity index (χ3n) is 6.76. The zero-order valence-corrected chi connectivity index (χ0v) is 21.4. The Morgan fingerprint density at radius 1 is 0.972 bits per heavy atom. The number of ketones is 1. The van der Waals surface area contributed by atoms with E-state index in [0.29, 0.717) is 17.0 Å². The number of hydrogen-bond donors (Lipinski definition) is 1. The van der Waals surface area contributed by atoms with E-state index in [0.717, 1.165) is 35.5 Å². The van der Waals surface area contributed by atoms with E-state index in [1.165, 1.54) is 4.90 Å². The average molecular weight is 485 g/mol. The number of benzene rings is 3. The van der Waals surface area contributed by atoms with Crippen molar-refractivity contribution in [1.29, 1.82) is 0 Å². The van der Waals surface area contributed by atoms with E-state index in [9.17, 15) is 14.7 Å². The number of aliphatic hydroxyl groups excluding tert-OH is 1. The van der Waals surface area contributed by atoms with E-state index in [1.807, 2.05) is 56.3 Å². The molecule has 4 rings (SSSR count). The van der Waals surface area contributed by atoms with E-state index >= 15 is 0 Å². The first kappa shape index (κ1) is 25.0. The van der Waals surface area contributed by atoms with Crippen LogP contribution >= 0.6 is 0 Å². The molecule has 6 heteroatoms. The maximum Gasteiger partial charge on any atom is 0.300 e. The number of anilines is 2. The zero-order valence-electron chi connectivity index (χ0n) is 21.4. The van der Waals surface area contributed by atoms with Gasteiger partial charge in [0.25, 0.3) is 11.7 Å². The number of rotatable bonds is 7. The van der Waals surface area contributed by atoms with Gasteiger partial charge in [-0.05, 0) is 69.2 Å². The van der Waals surface area contributed by atoms with Crippen molar-refractivity contribution < 1.29 is 19.4 Å². The standard InChI is InChI=1S/C30H32N2O4/c1-6-31(7-2)22-15-13-21(14-16-22)27-26(28(33)25-17-19(3)11-12-20(25)4)29(34)30(35)32(27)23-9-8-10-24(18-23)36-5/h8-18,27,33H,6-7H2,1-5H3/b28-26+. The predicted octanol–water partition coefficient (Wildman–Crippen LogP) is 5.78. The van der Waals surface area contributed by atoms with Crippen molar-refractivity contribution in [3.8, 4) is 5.75 Å². The number of aryl methyl sites for hydroxylation is 2. The van der Waals surface area contributed by atoms with Gasteiger partial charge in [0.05, 0.1) is 18.7 Å². The van der Waals surface area contributed by atoms with Crippen LogP contribution in [-0.4, -0.2) is 37.0 Å². The van der Waals surface area contributed by atoms with Crippen molar-refractivity contribution >= 4 is 28.8 Å². The number of carbonyl (C=O) groups is 2. The normalized spacial score (nSPS) is 16.9. The summed E-state index contributed by atoms with van der Waals surface area (Å²) in [7, 11) is 1.55. The Bertz CT molecular complexity index is 1320. The summed E-state index contributed by atoms with van der Waals surface area (Å²) in [6.45, 7) is 9.73. The first-order chi connectivity index (χ1) is 17.3. The van der Waals surface area contributed by atoms with Crippen molar-refractivity contribution in [2.45, 2.75) is 33.7 Å². The molecule has 0 aliphatic carbocycles. The van der Waals surface area contributed by atoms with Gasteiger partial charge in [0.1, 0.15) is 11.5 Å². The first-order valence-electron chi connectivity index (χ1n) is 12.2. The molecule has 0 radical (unpaired) electrons. The molecule has 0 saturated carbocycles. The molecule has 3 aromatic rings. The van der Waals surface area contributed by atoms with Crippen LogP contribution in [0.4, 0.5) is 11.4 Å². The van der Waals surface area contributed by atoms with Crippen LogP contribution in [0.5, 0.6) is 5.75 Å². The van der Waals surface area contributed by atoms with Gasteiger partial charge in [0, 0.05) is 36.1 Å².